The third-order valence-corrected chi connectivity index (χ3v) is 4.44. The molecule has 0 saturated heterocycles. The number of benzene rings is 2. The summed E-state index contributed by atoms with van der Waals surface area (Å²) in [5.74, 6) is -0.440. The van der Waals surface area contributed by atoms with Crippen LogP contribution in [0.15, 0.2) is 48.7 Å². The van der Waals surface area contributed by atoms with Gasteiger partial charge in [0.2, 0.25) is 11.8 Å². The monoisotopic (exact) mass is 421 g/mol. The van der Waals surface area contributed by atoms with Gasteiger partial charge < -0.3 is 10.1 Å². The molecule has 31 heavy (non-hydrogen) atoms. The van der Waals surface area contributed by atoms with Crippen molar-refractivity contribution in [3.8, 4) is 17.1 Å². The summed E-state index contributed by atoms with van der Waals surface area (Å²) in [6, 6.07) is 10.3. The Hall–Kier alpha value is -4.01. The van der Waals surface area contributed by atoms with E-state index in [4.69, 9.17) is 4.74 Å². The van der Waals surface area contributed by atoms with Crippen molar-refractivity contribution in [2.24, 2.45) is 0 Å². The Morgan fingerprint density at radius 3 is 2.58 bits per heavy atom. The van der Waals surface area contributed by atoms with Gasteiger partial charge >= 0.3 is 0 Å². The van der Waals surface area contributed by atoms with Crippen LogP contribution in [0.4, 0.5) is 14.7 Å². The molecular formula is C22H17F2N5O2. The second-order valence-corrected chi connectivity index (χ2v) is 6.55. The molecule has 0 radical (unpaired) electrons. The maximum absolute atomic E-state index is 14.0. The van der Waals surface area contributed by atoms with Crippen LogP contribution in [0.3, 0.4) is 0 Å². The number of aromatic nitrogens is 4. The van der Waals surface area contributed by atoms with E-state index in [0.717, 1.165) is 5.56 Å². The fraction of sp³-hybridized carbons (Fsp3) is 0.136. The molecule has 0 atom stereocenters. The van der Waals surface area contributed by atoms with Gasteiger partial charge in [0, 0.05) is 12.1 Å². The topological polar surface area (TPSA) is 89.9 Å². The molecule has 0 bridgehead atoms. The summed E-state index contributed by atoms with van der Waals surface area (Å²) in [5, 5.41) is 3.06. The first-order valence-corrected chi connectivity index (χ1v) is 9.48. The highest BCUT2D eigenvalue weighted by Gasteiger charge is 2.14. The van der Waals surface area contributed by atoms with Gasteiger partial charge in [0.25, 0.3) is 0 Å². The van der Waals surface area contributed by atoms with Gasteiger partial charge in [0.05, 0.1) is 24.1 Å². The van der Waals surface area contributed by atoms with Crippen LogP contribution in [0.5, 0.6) is 5.88 Å². The van der Waals surface area contributed by atoms with E-state index in [2.05, 4.69) is 25.3 Å². The van der Waals surface area contributed by atoms with Crippen molar-refractivity contribution < 1.29 is 18.3 Å². The zero-order valence-electron chi connectivity index (χ0n) is 16.5. The molecule has 2 aromatic heterocycles. The number of rotatable bonds is 7. The van der Waals surface area contributed by atoms with Gasteiger partial charge in [-0.2, -0.15) is 9.97 Å². The van der Waals surface area contributed by atoms with Crippen molar-refractivity contribution in [1.82, 2.24) is 19.9 Å². The lowest BCUT2D eigenvalue weighted by molar-refractivity contribution is 0.112. The van der Waals surface area contributed by atoms with Gasteiger partial charge in [-0.15, -0.1) is 0 Å². The molecule has 0 unspecified atom stereocenters. The lowest BCUT2D eigenvalue weighted by Gasteiger charge is -2.10. The van der Waals surface area contributed by atoms with Crippen LogP contribution >= 0.6 is 0 Å². The van der Waals surface area contributed by atoms with E-state index in [1.807, 2.05) is 6.92 Å². The fourth-order valence-corrected chi connectivity index (χ4v) is 2.90. The van der Waals surface area contributed by atoms with Crippen LogP contribution < -0.4 is 10.1 Å². The highest BCUT2D eigenvalue weighted by molar-refractivity contribution is 5.80. The van der Waals surface area contributed by atoms with Crippen molar-refractivity contribution in [2.75, 3.05) is 11.9 Å². The summed E-state index contributed by atoms with van der Waals surface area (Å²) >= 11 is 0. The van der Waals surface area contributed by atoms with Gasteiger partial charge in [-0.05, 0) is 36.8 Å². The summed E-state index contributed by atoms with van der Waals surface area (Å²) in [4.78, 5) is 28.4. The molecule has 2 aromatic carbocycles. The van der Waals surface area contributed by atoms with Crippen LogP contribution in [0.25, 0.3) is 22.4 Å². The minimum absolute atomic E-state index is 0.0345. The Labute approximate surface area is 176 Å². The average molecular weight is 421 g/mol. The van der Waals surface area contributed by atoms with Gasteiger partial charge in [0.15, 0.2) is 17.5 Å². The van der Waals surface area contributed by atoms with Gasteiger partial charge in [-0.3, -0.25) is 4.79 Å². The first kappa shape index (κ1) is 20.3. The van der Waals surface area contributed by atoms with Gasteiger partial charge in [-0.25, -0.2) is 18.7 Å². The minimum atomic E-state index is -0.643. The van der Waals surface area contributed by atoms with Crippen molar-refractivity contribution in [2.45, 2.75) is 13.5 Å². The predicted octanol–water partition coefficient (Wildman–Crippen LogP) is 4.19. The first-order valence-electron chi connectivity index (χ1n) is 9.48. The van der Waals surface area contributed by atoms with Gasteiger partial charge in [-0.1, -0.05) is 18.2 Å². The number of hydrogen-bond acceptors (Lipinski definition) is 7. The number of anilines is 1. The maximum Gasteiger partial charge on any atom is 0.247 e. The van der Waals surface area contributed by atoms with Crippen molar-refractivity contribution in [3.05, 3.63) is 71.4 Å². The molecular weight excluding hydrogens is 404 g/mol. The highest BCUT2D eigenvalue weighted by Crippen LogP contribution is 2.26. The molecule has 0 fully saturated rings. The van der Waals surface area contributed by atoms with Crippen LogP contribution in [0, 0.1) is 11.6 Å². The van der Waals surface area contributed by atoms with E-state index in [1.54, 1.807) is 18.2 Å². The third-order valence-electron chi connectivity index (χ3n) is 4.44. The number of nitrogens with one attached hydrogen (secondary N) is 1. The van der Waals surface area contributed by atoms with E-state index in [9.17, 15) is 13.6 Å². The quantitative estimate of drug-likeness (QED) is 0.448. The standard InChI is InChI=1S/C22H17F2N5O2/c1-2-31-21-19-20(28-22(29-21)26-10-13-3-7-16(23)8-4-13)25-11-18(27-19)14-5-6-15(12-30)17(24)9-14/h3-9,11-12H,2,10H2,1H3,(H,25,26,28,29). The Kier molecular flexibility index (Phi) is 5.74. The Balaban J connectivity index is 1.67. The Morgan fingerprint density at radius 1 is 1.06 bits per heavy atom. The maximum atomic E-state index is 14.0. The molecule has 4 aromatic rings. The molecule has 0 aliphatic heterocycles. The molecule has 1 N–H and O–H groups in total. The number of carbonyl (C=O) groups excluding carboxylic acids is 1. The summed E-state index contributed by atoms with van der Waals surface area (Å²) in [6.45, 7) is 2.54. The summed E-state index contributed by atoms with van der Waals surface area (Å²) in [6.07, 6.45) is 1.91. The Morgan fingerprint density at radius 2 is 1.87 bits per heavy atom. The summed E-state index contributed by atoms with van der Waals surface area (Å²) < 4.78 is 32.7. The van der Waals surface area contributed by atoms with Crippen LogP contribution in [-0.2, 0) is 6.54 Å². The number of ether oxygens (including phenoxy) is 1. The lowest BCUT2D eigenvalue weighted by Crippen LogP contribution is -2.07. The number of carbonyl (C=O) groups is 1. The van der Waals surface area contributed by atoms with E-state index in [-0.39, 0.29) is 23.2 Å². The van der Waals surface area contributed by atoms with Crippen LogP contribution in [-0.4, -0.2) is 32.8 Å². The predicted molar refractivity (Wildman–Crippen MR) is 111 cm³/mol. The van der Waals surface area contributed by atoms with Crippen molar-refractivity contribution in [1.29, 1.82) is 0 Å². The number of halogens is 2. The SMILES string of the molecule is CCOc1nc(NCc2ccc(F)cc2)nc2ncc(-c3ccc(C=O)c(F)c3)nc12. The molecule has 0 saturated carbocycles. The molecule has 2 heterocycles. The smallest absolute Gasteiger partial charge is 0.247 e. The summed E-state index contributed by atoms with van der Waals surface area (Å²) in [7, 11) is 0. The second kappa shape index (κ2) is 8.78. The number of fused-ring (bicyclic) bond motifs is 1. The van der Waals surface area contributed by atoms with Crippen LogP contribution in [0.2, 0.25) is 0 Å². The Bertz CT molecular complexity index is 1250. The van der Waals surface area contributed by atoms with Crippen molar-refractivity contribution in [3.63, 3.8) is 0 Å². The van der Waals surface area contributed by atoms with Crippen molar-refractivity contribution >= 4 is 23.4 Å². The number of hydrogen-bond donors (Lipinski definition) is 1. The molecule has 0 amide bonds. The fourth-order valence-electron chi connectivity index (χ4n) is 2.90. The number of nitrogens with zero attached hydrogens (tertiary/aromatic N) is 4. The zero-order valence-corrected chi connectivity index (χ0v) is 16.5. The van der Waals surface area contributed by atoms with E-state index in [0.29, 0.717) is 41.9 Å². The third kappa shape index (κ3) is 4.45. The first-order chi connectivity index (χ1) is 15.1. The largest absolute Gasteiger partial charge is 0.476 e. The van der Waals surface area contributed by atoms with E-state index in [1.165, 1.54) is 30.5 Å². The van der Waals surface area contributed by atoms with Gasteiger partial charge in [0.1, 0.15) is 11.6 Å². The molecule has 9 heteroatoms. The van der Waals surface area contributed by atoms with E-state index >= 15 is 0 Å². The minimum Gasteiger partial charge on any atom is -0.476 e. The van der Waals surface area contributed by atoms with Crippen LogP contribution in [0.1, 0.15) is 22.8 Å². The molecule has 0 aliphatic carbocycles. The normalized spacial score (nSPS) is 10.8. The molecule has 0 aliphatic rings. The summed E-state index contributed by atoms with van der Waals surface area (Å²) in [5.41, 5.74) is 2.29. The molecule has 156 valence electrons. The highest BCUT2D eigenvalue weighted by atomic mass is 19.1. The molecule has 7 nitrogen and oxygen atoms in total. The molecule has 4 rings (SSSR count). The number of aldehydes is 1. The average Bonchev–Trinajstić information content (AvgIpc) is 2.78. The lowest BCUT2D eigenvalue weighted by atomic mass is 10.1. The van der Waals surface area contributed by atoms with E-state index < -0.39 is 5.82 Å². The second-order valence-electron chi connectivity index (χ2n) is 6.55. The zero-order chi connectivity index (χ0) is 21.8. The molecule has 0 spiro atoms.